The van der Waals surface area contributed by atoms with Crippen LogP contribution in [-0.4, -0.2) is 28.0 Å². The molecular weight excluding hydrogens is 484 g/mol. The fourth-order valence-electron chi connectivity index (χ4n) is 4.43. The highest BCUT2D eigenvalue weighted by Gasteiger charge is 2.30. The predicted octanol–water partition coefficient (Wildman–Crippen LogP) is 5.35. The molecule has 1 atom stereocenters. The molecule has 1 N–H and O–H groups in total. The third-order valence-electron chi connectivity index (χ3n) is 6.34. The van der Waals surface area contributed by atoms with Crippen molar-refractivity contribution in [2.45, 2.75) is 44.0 Å². The lowest BCUT2D eigenvalue weighted by Gasteiger charge is -2.29. The smallest absolute Gasteiger partial charge is 0.264 e. The number of hydrogen-bond acceptors (Lipinski definition) is 4. The van der Waals surface area contributed by atoms with E-state index in [9.17, 15) is 13.2 Å². The van der Waals surface area contributed by atoms with Crippen molar-refractivity contribution in [3.63, 3.8) is 0 Å². The molecule has 1 amide bonds. The number of methoxy groups -OCH3 is 1. The van der Waals surface area contributed by atoms with Crippen LogP contribution < -0.4 is 14.4 Å². The molecular formula is C27H29ClN2O4S. The first-order valence-corrected chi connectivity index (χ1v) is 13.3. The summed E-state index contributed by atoms with van der Waals surface area (Å²) in [6, 6.07) is 17.3. The van der Waals surface area contributed by atoms with Gasteiger partial charge in [0.05, 0.1) is 23.7 Å². The fraction of sp³-hybridized carbons (Fsp3) is 0.296. The number of anilines is 1. The Balaban J connectivity index is 1.65. The second kappa shape index (κ2) is 10.3. The topological polar surface area (TPSA) is 75.7 Å². The quantitative estimate of drug-likeness (QED) is 0.462. The molecule has 184 valence electrons. The van der Waals surface area contributed by atoms with Crippen molar-refractivity contribution in [2.75, 3.05) is 18.0 Å². The number of nitrogens with one attached hydrogen (secondary N) is 1. The lowest BCUT2D eigenvalue weighted by Crippen LogP contribution is -2.42. The van der Waals surface area contributed by atoms with Crippen molar-refractivity contribution in [1.82, 2.24) is 5.32 Å². The number of benzene rings is 3. The van der Waals surface area contributed by atoms with E-state index in [-0.39, 0.29) is 23.4 Å². The number of nitrogens with zero attached hydrogens (tertiary/aromatic N) is 1. The molecule has 0 saturated carbocycles. The van der Waals surface area contributed by atoms with Gasteiger partial charge in [-0.25, -0.2) is 8.42 Å². The van der Waals surface area contributed by atoms with Crippen LogP contribution in [0.5, 0.6) is 5.75 Å². The molecule has 3 aromatic carbocycles. The number of ether oxygens (including phenoxy) is 1. The summed E-state index contributed by atoms with van der Waals surface area (Å²) in [6.07, 6.45) is 2.62. The van der Waals surface area contributed by atoms with Crippen molar-refractivity contribution < 1.29 is 17.9 Å². The first kappa shape index (κ1) is 25.1. The number of fused-ring (bicyclic) bond motifs is 1. The van der Waals surface area contributed by atoms with Crippen LogP contribution in [0.4, 0.5) is 5.69 Å². The summed E-state index contributed by atoms with van der Waals surface area (Å²) in [7, 11) is -2.39. The summed E-state index contributed by atoms with van der Waals surface area (Å²) >= 11 is 6.22. The molecule has 0 saturated heterocycles. The van der Waals surface area contributed by atoms with E-state index in [0.29, 0.717) is 16.3 Å². The average molecular weight is 513 g/mol. The van der Waals surface area contributed by atoms with Gasteiger partial charge < -0.3 is 10.1 Å². The number of sulfonamides is 1. The Kier molecular flexibility index (Phi) is 7.38. The molecule has 1 aliphatic rings. The number of rotatable bonds is 7. The van der Waals surface area contributed by atoms with Crippen molar-refractivity contribution in [2.24, 2.45) is 0 Å². The molecule has 0 aliphatic heterocycles. The lowest BCUT2D eigenvalue weighted by molar-refractivity contribution is -0.120. The summed E-state index contributed by atoms with van der Waals surface area (Å²) < 4.78 is 33.9. The number of carbonyl (C=O) groups excluding carboxylic acids is 1. The molecule has 6 nitrogen and oxygen atoms in total. The van der Waals surface area contributed by atoms with Crippen LogP contribution in [0.25, 0.3) is 0 Å². The van der Waals surface area contributed by atoms with Gasteiger partial charge in [-0.2, -0.15) is 0 Å². The summed E-state index contributed by atoms with van der Waals surface area (Å²) in [5.41, 5.74) is 4.20. The molecule has 0 spiro atoms. The van der Waals surface area contributed by atoms with Crippen LogP contribution in [0.1, 0.15) is 41.1 Å². The van der Waals surface area contributed by atoms with Crippen LogP contribution in [0.15, 0.2) is 65.6 Å². The molecule has 4 rings (SSSR count). The molecule has 1 aliphatic carbocycles. The van der Waals surface area contributed by atoms with Crippen LogP contribution in [-0.2, 0) is 21.2 Å². The normalized spacial score (nSPS) is 15.3. The number of aryl methyl sites for hydroxylation is 3. The lowest BCUT2D eigenvalue weighted by atomic mass is 9.87. The number of amides is 1. The maximum atomic E-state index is 13.7. The Morgan fingerprint density at radius 2 is 1.83 bits per heavy atom. The second-order valence-corrected chi connectivity index (χ2v) is 11.1. The van der Waals surface area contributed by atoms with Gasteiger partial charge >= 0.3 is 0 Å². The van der Waals surface area contributed by atoms with Crippen LogP contribution in [0.3, 0.4) is 0 Å². The Morgan fingerprint density at radius 3 is 2.54 bits per heavy atom. The average Bonchev–Trinajstić information content (AvgIpc) is 2.84. The monoisotopic (exact) mass is 512 g/mol. The van der Waals surface area contributed by atoms with E-state index < -0.39 is 10.0 Å². The Labute approximate surface area is 211 Å². The van der Waals surface area contributed by atoms with Crippen LogP contribution in [0, 0.1) is 13.8 Å². The number of hydrogen-bond donors (Lipinski definition) is 1. The molecule has 0 bridgehead atoms. The van der Waals surface area contributed by atoms with Crippen LogP contribution >= 0.6 is 11.6 Å². The predicted molar refractivity (Wildman–Crippen MR) is 139 cm³/mol. The maximum Gasteiger partial charge on any atom is 0.264 e. The molecule has 0 aromatic heterocycles. The largest absolute Gasteiger partial charge is 0.497 e. The second-order valence-electron chi connectivity index (χ2n) is 8.83. The van der Waals surface area contributed by atoms with E-state index in [1.54, 1.807) is 56.5 Å². The summed E-state index contributed by atoms with van der Waals surface area (Å²) in [5.74, 6) is 0.399. The van der Waals surface area contributed by atoms with Gasteiger partial charge in [0.15, 0.2) is 0 Å². The molecule has 0 radical (unpaired) electrons. The van der Waals surface area contributed by atoms with Crippen molar-refractivity contribution in [3.8, 4) is 5.75 Å². The van der Waals surface area contributed by atoms with Gasteiger partial charge in [-0.3, -0.25) is 9.10 Å². The minimum Gasteiger partial charge on any atom is -0.497 e. The first-order chi connectivity index (χ1) is 16.7. The zero-order valence-electron chi connectivity index (χ0n) is 20.0. The zero-order chi connectivity index (χ0) is 25.2. The summed E-state index contributed by atoms with van der Waals surface area (Å²) in [4.78, 5) is 13.4. The van der Waals surface area contributed by atoms with Gasteiger partial charge in [-0.05, 0) is 86.2 Å². The number of halogens is 1. The Bertz CT molecular complexity index is 1340. The SMILES string of the molecule is COc1ccc2c(c1)CCCC2NC(=O)CN(c1cc(Cl)ccc1C)S(=O)(=O)c1ccc(C)cc1. The van der Waals surface area contributed by atoms with Crippen molar-refractivity contribution in [3.05, 3.63) is 87.9 Å². The molecule has 0 fully saturated rings. The Morgan fingerprint density at radius 1 is 1.09 bits per heavy atom. The third-order valence-corrected chi connectivity index (χ3v) is 8.34. The van der Waals surface area contributed by atoms with Gasteiger partial charge in [0.2, 0.25) is 5.91 Å². The Hall–Kier alpha value is -3.03. The fourth-order valence-corrected chi connectivity index (χ4v) is 6.07. The van der Waals surface area contributed by atoms with E-state index in [1.807, 2.05) is 25.1 Å². The standard InChI is InChI=1S/C27H29ClN2O4S/c1-18-7-12-23(13-8-18)35(32,33)30(26-16-21(28)10-9-19(26)2)17-27(31)29-25-6-4-5-20-15-22(34-3)11-14-24(20)25/h7-16,25H,4-6,17H2,1-3H3,(H,29,31). The summed E-state index contributed by atoms with van der Waals surface area (Å²) in [6.45, 7) is 3.33. The minimum absolute atomic E-state index is 0.116. The molecule has 0 heterocycles. The van der Waals surface area contributed by atoms with E-state index >= 15 is 0 Å². The van der Waals surface area contributed by atoms with Crippen molar-refractivity contribution in [1.29, 1.82) is 0 Å². The van der Waals surface area contributed by atoms with Crippen LogP contribution in [0.2, 0.25) is 5.02 Å². The highest BCUT2D eigenvalue weighted by Crippen LogP contribution is 2.33. The van der Waals surface area contributed by atoms with Crippen molar-refractivity contribution >= 4 is 33.2 Å². The van der Waals surface area contributed by atoms with Gasteiger partial charge in [0, 0.05) is 5.02 Å². The first-order valence-electron chi connectivity index (χ1n) is 11.5. The van der Waals surface area contributed by atoms with Gasteiger partial charge in [0.1, 0.15) is 12.3 Å². The van der Waals surface area contributed by atoms with E-state index in [4.69, 9.17) is 16.3 Å². The molecule has 35 heavy (non-hydrogen) atoms. The molecule has 8 heteroatoms. The van der Waals surface area contributed by atoms with Gasteiger partial charge in [0.25, 0.3) is 10.0 Å². The maximum absolute atomic E-state index is 13.7. The zero-order valence-corrected chi connectivity index (χ0v) is 21.6. The molecule has 3 aromatic rings. The minimum atomic E-state index is -4.02. The molecule has 1 unspecified atom stereocenters. The van der Waals surface area contributed by atoms with E-state index in [0.717, 1.165) is 46.0 Å². The van der Waals surface area contributed by atoms with Gasteiger partial charge in [-0.15, -0.1) is 0 Å². The van der Waals surface area contributed by atoms with E-state index in [1.165, 1.54) is 0 Å². The number of carbonyl (C=O) groups is 1. The van der Waals surface area contributed by atoms with E-state index in [2.05, 4.69) is 5.32 Å². The highest BCUT2D eigenvalue weighted by atomic mass is 35.5. The van der Waals surface area contributed by atoms with Gasteiger partial charge in [-0.1, -0.05) is 41.4 Å². The highest BCUT2D eigenvalue weighted by molar-refractivity contribution is 7.92. The summed E-state index contributed by atoms with van der Waals surface area (Å²) in [5, 5.41) is 3.45. The third kappa shape index (κ3) is 5.46.